The van der Waals surface area contributed by atoms with Gasteiger partial charge in [0.25, 0.3) is 0 Å². The largest absolute Gasteiger partial charge is 0.501 e. The molecule has 122 valence electrons. The fraction of sp³-hybridized carbons (Fsp3) is 0.800. The van der Waals surface area contributed by atoms with Crippen LogP contribution in [0.5, 0.6) is 0 Å². The minimum atomic E-state index is 0.441. The first-order valence-electron chi connectivity index (χ1n) is 9.14. The molecule has 0 bridgehead atoms. The van der Waals surface area contributed by atoms with E-state index in [0.717, 1.165) is 30.6 Å². The molecule has 4 rings (SSSR count). The molecule has 5 atom stereocenters. The van der Waals surface area contributed by atoms with Crippen LogP contribution in [0, 0.1) is 23.2 Å². The Morgan fingerprint density at radius 3 is 2.77 bits per heavy atom. The Balaban J connectivity index is 1.59. The maximum atomic E-state index is 5.86. The Bertz CT molecular complexity index is 518. The van der Waals surface area contributed by atoms with Crippen molar-refractivity contribution in [3.05, 3.63) is 23.0 Å². The third kappa shape index (κ3) is 2.02. The number of rotatable bonds is 2. The highest BCUT2D eigenvalue weighted by Crippen LogP contribution is 2.61. The molecule has 0 saturated heterocycles. The Morgan fingerprint density at radius 2 is 2.00 bits per heavy atom. The van der Waals surface area contributed by atoms with Crippen molar-refractivity contribution in [1.82, 2.24) is 0 Å². The molecule has 0 heterocycles. The zero-order valence-corrected chi connectivity index (χ0v) is 14.4. The summed E-state index contributed by atoms with van der Waals surface area (Å²) in [5.74, 6) is 3.85. The normalized spacial score (nSPS) is 44.0. The van der Waals surface area contributed by atoms with E-state index < -0.39 is 0 Å². The van der Waals surface area contributed by atoms with Crippen LogP contribution in [0.25, 0.3) is 0 Å². The zero-order chi connectivity index (χ0) is 15.3. The van der Waals surface area contributed by atoms with Crippen LogP contribution in [0.3, 0.4) is 0 Å². The lowest BCUT2D eigenvalue weighted by atomic mass is 9.54. The van der Waals surface area contributed by atoms with Crippen LogP contribution in [0.1, 0.15) is 58.3 Å². The van der Waals surface area contributed by atoms with Crippen LogP contribution in [0.4, 0.5) is 0 Å². The van der Waals surface area contributed by atoms with Crippen LogP contribution < -0.4 is 0 Å². The summed E-state index contributed by atoms with van der Waals surface area (Å²) >= 11 is 0. The molecule has 2 heteroatoms. The maximum Gasteiger partial charge on any atom is 0.0959 e. The van der Waals surface area contributed by atoms with Crippen LogP contribution in [-0.2, 0) is 9.47 Å². The van der Waals surface area contributed by atoms with Gasteiger partial charge in [0.05, 0.1) is 19.0 Å². The zero-order valence-electron chi connectivity index (χ0n) is 14.4. The van der Waals surface area contributed by atoms with Crippen molar-refractivity contribution in [2.75, 3.05) is 14.2 Å². The van der Waals surface area contributed by atoms with Crippen LogP contribution in [-0.4, -0.2) is 20.3 Å². The molecule has 4 aliphatic rings. The van der Waals surface area contributed by atoms with Gasteiger partial charge in [-0.15, -0.1) is 0 Å². The van der Waals surface area contributed by atoms with Gasteiger partial charge in [-0.3, -0.25) is 0 Å². The second-order valence-corrected chi connectivity index (χ2v) is 8.15. The number of allylic oxidation sites excluding steroid dienone is 3. The molecule has 2 fully saturated rings. The van der Waals surface area contributed by atoms with Crippen molar-refractivity contribution >= 4 is 0 Å². The molecule has 0 N–H and O–H groups in total. The minimum absolute atomic E-state index is 0.441. The summed E-state index contributed by atoms with van der Waals surface area (Å²) in [5.41, 5.74) is 3.95. The van der Waals surface area contributed by atoms with E-state index in [4.69, 9.17) is 9.47 Å². The third-order valence-corrected chi connectivity index (χ3v) is 7.52. The SMILES string of the molecule is COC1=CCC2=C(CC[C@@H]3[C@@H]2CC[C@]2(C)[C@@H](OC)CC[C@@H]32)C1. The molecular formula is C20H30O2. The van der Waals surface area contributed by atoms with Crippen LogP contribution in [0.15, 0.2) is 23.0 Å². The summed E-state index contributed by atoms with van der Waals surface area (Å²) in [7, 11) is 3.74. The summed E-state index contributed by atoms with van der Waals surface area (Å²) in [6, 6.07) is 0. The fourth-order valence-electron chi connectivity index (χ4n) is 6.38. The highest BCUT2D eigenvalue weighted by Gasteiger charge is 2.55. The summed E-state index contributed by atoms with van der Waals surface area (Å²) in [4.78, 5) is 0. The highest BCUT2D eigenvalue weighted by atomic mass is 16.5. The van der Waals surface area contributed by atoms with E-state index in [1.807, 2.05) is 14.2 Å². The predicted molar refractivity (Wildman–Crippen MR) is 88.4 cm³/mol. The van der Waals surface area contributed by atoms with Gasteiger partial charge in [-0.1, -0.05) is 18.1 Å². The van der Waals surface area contributed by atoms with E-state index in [9.17, 15) is 0 Å². The van der Waals surface area contributed by atoms with Gasteiger partial charge in [0, 0.05) is 13.5 Å². The van der Waals surface area contributed by atoms with Crippen molar-refractivity contribution in [2.45, 2.75) is 64.4 Å². The van der Waals surface area contributed by atoms with Gasteiger partial charge in [0.15, 0.2) is 0 Å². The third-order valence-electron chi connectivity index (χ3n) is 7.52. The Kier molecular flexibility index (Phi) is 3.64. The first-order valence-corrected chi connectivity index (χ1v) is 9.14. The lowest BCUT2D eigenvalue weighted by molar-refractivity contribution is -0.0509. The molecule has 0 spiro atoms. The lowest BCUT2D eigenvalue weighted by Crippen LogP contribution is -2.45. The second kappa shape index (κ2) is 5.40. The molecule has 0 amide bonds. The molecule has 4 aliphatic carbocycles. The van der Waals surface area contributed by atoms with E-state index in [1.165, 1.54) is 44.3 Å². The van der Waals surface area contributed by atoms with Crippen molar-refractivity contribution in [3.63, 3.8) is 0 Å². The van der Waals surface area contributed by atoms with Gasteiger partial charge in [-0.25, -0.2) is 0 Å². The molecule has 0 radical (unpaired) electrons. The van der Waals surface area contributed by atoms with E-state index in [0.29, 0.717) is 11.5 Å². The first kappa shape index (κ1) is 14.8. The number of fused-ring (bicyclic) bond motifs is 4. The van der Waals surface area contributed by atoms with Gasteiger partial charge in [0.2, 0.25) is 0 Å². The van der Waals surface area contributed by atoms with E-state index in [1.54, 1.807) is 11.1 Å². The molecule has 2 saturated carbocycles. The van der Waals surface area contributed by atoms with E-state index >= 15 is 0 Å². The smallest absolute Gasteiger partial charge is 0.0959 e. The Morgan fingerprint density at radius 1 is 1.14 bits per heavy atom. The van der Waals surface area contributed by atoms with E-state index in [-0.39, 0.29) is 0 Å². The lowest BCUT2D eigenvalue weighted by Gasteiger charge is -2.51. The molecule has 0 aromatic heterocycles. The summed E-state index contributed by atoms with van der Waals surface area (Å²) < 4.78 is 11.4. The average molecular weight is 302 g/mol. The maximum absolute atomic E-state index is 5.86. The second-order valence-electron chi connectivity index (χ2n) is 8.15. The summed E-state index contributed by atoms with van der Waals surface area (Å²) in [5, 5.41) is 0. The molecular weight excluding hydrogens is 272 g/mol. The topological polar surface area (TPSA) is 18.5 Å². The van der Waals surface area contributed by atoms with Gasteiger partial charge in [-0.2, -0.15) is 0 Å². The predicted octanol–water partition coefficient (Wildman–Crippen LogP) is 4.86. The number of methoxy groups -OCH3 is 2. The molecule has 0 aliphatic heterocycles. The van der Waals surface area contributed by atoms with Gasteiger partial charge in [0.1, 0.15) is 0 Å². The fourth-order valence-corrected chi connectivity index (χ4v) is 6.38. The highest BCUT2D eigenvalue weighted by molar-refractivity contribution is 5.32. The average Bonchev–Trinajstić information content (AvgIpc) is 2.90. The Labute approximate surface area is 134 Å². The van der Waals surface area contributed by atoms with Crippen molar-refractivity contribution < 1.29 is 9.47 Å². The van der Waals surface area contributed by atoms with Crippen LogP contribution >= 0.6 is 0 Å². The molecule has 0 aromatic carbocycles. The van der Waals surface area contributed by atoms with Crippen molar-refractivity contribution in [2.24, 2.45) is 23.2 Å². The van der Waals surface area contributed by atoms with Gasteiger partial charge >= 0.3 is 0 Å². The van der Waals surface area contributed by atoms with Crippen molar-refractivity contribution in [3.8, 4) is 0 Å². The molecule has 22 heavy (non-hydrogen) atoms. The summed E-state index contributed by atoms with van der Waals surface area (Å²) in [6.45, 7) is 2.52. The standard InChI is InChI=1S/C20H30O2/c1-20-11-10-16-15-7-5-14(21-2)12-13(15)4-6-17(16)18(20)8-9-19(20)22-3/h5,16-19H,4,6-12H2,1-3H3/t16-,17-,18+,19+,20+/m1/s1. The Hall–Kier alpha value is -0.760. The quantitative estimate of drug-likeness (QED) is 0.678. The first-order chi connectivity index (χ1) is 10.7. The molecule has 2 nitrogen and oxygen atoms in total. The molecule has 0 aromatic rings. The number of hydrogen-bond acceptors (Lipinski definition) is 2. The van der Waals surface area contributed by atoms with E-state index in [2.05, 4.69) is 13.0 Å². The molecule has 0 unspecified atom stereocenters. The van der Waals surface area contributed by atoms with Crippen LogP contribution in [0.2, 0.25) is 0 Å². The number of ether oxygens (including phenoxy) is 2. The summed E-state index contributed by atoms with van der Waals surface area (Å²) in [6.07, 6.45) is 13.2. The number of hydrogen-bond donors (Lipinski definition) is 0. The van der Waals surface area contributed by atoms with Gasteiger partial charge < -0.3 is 9.47 Å². The van der Waals surface area contributed by atoms with Crippen molar-refractivity contribution in [1.29, 1.82) is 0 Å². The van der Waals surface area contributed by atoms with Gasteiger partial charge in [-0.05, 0) is 74.2 Å². The minimum Gasteiger partial charge on any atom is -0.501 e. The monoisotopic (exact) mass is 302 g/mol.